The molecule has 0 heterocycles. The molecule has 0 N–H and O–H groups in total. The molecule has 0 saturated heterocycles. The van der Waals surface area contributed by atoms with Crippen molar-refractivity contribution in [2.24, 2.45) is 11.8 Å². The molecule has 0 aliphatic heterocycles. The lowest BCUT2D eigenvalue weighted by molar-refractivity contribution is 0.707. The van der Waals surface area contributed by atoms with Crippen molar-refractivity contribution in [2.75, 3.05) is 0 Å². The van der Waals surface area contributed by atoms with Crippen LogP contribution in [-0.4, -0.2) is 0 Å². The Morgan fingerprint density at radius 2 is 0.359 bits per heavy atom. The van der Waals surface area contributed by atoms with E-state index in [1.807, 2.05) is 150 Å². The minimum absolute atomic E-state index is 0.533. The van der Waals surface area contributed by atoms with E-state index in [4.69, 9.17) is 0 Å². The normalized spacial score (nSPS) is 11.9. The van der Waals surface area contributed by atoms with Gasteiger partial charge in [-0.15, -0.1) is 0 Å². The minimum atomic E-state index is 0.533. The van der Waals surface area contributed by atoms with E-state index < -0.39 is 0 Å². The van der Waals surface area contributed by atoms with Gasteiger partial charge in [0, 0.05) is 11.8 Å². The van der Waals surface area contributed by atoms with E-state index >= 15 is 0 Å². The SMILES string of the molecule is C1=CC2C=CC=C3c4cc5ccccc5cc4C(=C1)C32.CC.CC.CC.CC.CC.CC.Cc1ccccc1.Cc1ccccc1.Cc1ccccc1.c1ccc(-c2ccccc2)cc1.c1ccc2c(c1)ccc1ccccc12.c1ccc2c(c1)ccc1ccccc12.c1ccc2cc3ccccc3cc2c1.c1ccc2ccccc2c1. The van der Waals surface area contributed by atoms with Gasteiger partial charge in [0.1, 0.15) is 0 Å². The second-order valence-corrected chi connectivity index (χ2v) is 26.4. The van der Waals surface area contributed by atoms with Crippen molar-refractivity contribution in [1.29, 1.82) is 0 Å². The van der Waals surface area contributed by atoms with Gasteiger partial charge < -0.3 is 0 Å². The Morgan fingerprint density at radius 3 is 0.581 bits per heavy atom. The van der Waals surface area contributed by atoms with Gasteiger partial charge >= 0.3 is 0 Å². The van der Waals surface area contributed by atoms with Gasteiger partial charge in [-0.05, 0) is 165 Å². The minimum Gasteiger partial charge on any atom is -0.0767 e. The molecule has 0 nitrogen and oxygen atoms in total. The van der Waals surface area contributed by atoms with Crippen molar-refractivity contribution in [1.82, 2.24) is 0 Å². The van der Waals surface area contributed by atoms with Gasteiger partial charge in [0.15, 0.2) is 0 Å². The predicted molar refractivity (Wildman–Crippen MR) is 527 cm³/mol. The second-order valence-electron chi connectivity index (χ2n) is 26.4. The lowest BCUT2D eigenvalue weighted by Crippen LogP contribution is -2.13. The zero-order chi connectivity index (χ0) is 83.6. The highest BCUT2D eigenvalue weighted by atomic mass is 14.4. The molecule has 21 rings (SSSR count). The fourth-order valence-corrected chi connectivity index (χ4v) is 13.7. The zero-order valence-electron chi connectivity index (χ0n) is 72.0. The maximum Gasteiger partial charge on any atom is 0.0199 e. The number of allylic oxidation sites excluding steroid dienone is 8. The van der Waals surface area contributed by atoms with E-state index in [2.05, 4.69) is 409 Å². The van der Waals surface area contributed by atoms with Gasteiger partial charge in [0.25, 0.3) is 0 Å². The first kappa shape index (κ1) is 91.2. The highest BCUT2D eigenvalue weighted by Crippen LogP contribution is 2.53. The van der Waals surface area contributed by atoms with E-state index in [-0.39, 0.29) is 0 Å². The molecule has 0 radical (unpaired) electrons. The molecule has 117 heavy (non-hydrogen) atoms. The lowest BCUT2D eigenvalue weighted by atomic mass is 9.78. The van der Waals surface area contributed by atoms with Gasteiger partial charge in [-0.3, -0.25) is 0 Å². The summed E-state index contributed by atoms with van der Waals surface area (Å²) in [5, 5.41) is 21.1. The third-order valence-corrected chi connectivity index (χ3v) is 19.1. The molecule has 18 aromatic rings. The number of fused-ring (bicyclic) bond motifs is 13. The Balaban J connectivity index is 0.000000182. The van der Waals surface area contributed by atoms with Crippen LogP contribution in [0.2, 0.25) is 0 Å². The molecular formula is C117H122. The summed E-state index contributed by atoms with van der Waals surface area (Å²) in [4.78, 5) is 0. The summed E-state index contributed by atoms with van der Waals surface area (Å²) in [5.41, 5.74) is 12.4. The Hall–Kier alpha value is -13.0. The van der Waals surface area contributed by atoms with E-state index in [0.717, 1.165) is 0 Å². The molecule has 3 aliphatic rings. The van der Waals surface area contributed by atoms with Crippen molar-refractivity contribution in [3.63, 3.8) is 0 Å². The van der Waals surface area contributed by atoms with Crippen LogP contribution in [0.5, 0.6) is 0 Å². The number of benzene rings is 18. The number of hydrogen-bond donors (Lipinski definition) is 0. The van der Waals surface area contributed by atoms with E-state index in [0.29, 0.717) is 11.8 Å². The van der Waals surface area contributed by atoms with Gasteiger partial charge in [-0.1, -0.05) is 531 Å². The molecule has 0 unspecified atom stereocenters. The smallest absolute Gasteiger partial charge is 0.0199 e. The van der Waals surface area contributed by atoms with Gasteiger partial charge in [-0.2, -0.15) is 0 Å². The number of aryl methyl sites for hydroxylation is 3. The molecule has 0 spiro atoms. The largest absolute Gasteiger partial charge is 0.0767 e. The topological polar surface area (TPSA) is 0 Å². The van der Waals surface area contributed by atoms with Crippen molar-refractivity contribution in [2.45, 2.75) is 104 Å². The van der Waals surface area contributed by atoms with E-state index in [1.165, 1.54) is 136 Å². The van der Waals surface area contributed by atoms with Crippen LogP contribution in [0.25, 0.3) is 108 Å². The first-order chi connectivity index (χ1) is 57.9. The van der Waals surface area contributed by atoms with Crippen LogP contribution >= 0.6 is 0 Å². The summed E-state index contributed by atoms with van der Waals surface area (Å²) >= 11 is 0. The molecule has 0 amide bonds. The molecule has 0 heteroatoms. The fourth-order valence-electron chi connectivity index (χ4n) is 13.7. The molecule has 590 valence electrons. The van der Waals surface area contributed by atoms with Gasteiger partial charge in [0.2, 0.25) is 0 Å². The third kappa shape index (κ3) is 27.4. The molecule has 0 aromatic heterocycles. The Bertz CT molecular complexity index is 5310. The Morgan fingerprint density at radius 1 is 0.171 bits per heavy atom. The third-order valence-electron chi connectivity index (χ3n) is 19.1. The summed E-state index contributed by atoms with van der Waals surface area (Å²) in [6.07, 6.45) is 13.7. The first-order valence-electron chi connectivity index (χ1n) is 42.4. The first-order valence-corrected chi connectivity index (χ1v) is 42.4. The summed E-state index contributed by atoms with van der Waals surface area (Å²) in [6, 6.07) is 146. The molecule has 0 fully saturated rings. The van der Waals surface area contributed by atoms with Crippen LogP contribution in [-0.2, 0) is 0 Å². The maximum absolute atomic E-state index is 2.37. The van der Waals surface area contributed by atoms with Gasteiger partial charge in [0.05, 0.1) is 0 Å². The molecule has 3 aliphatic carbocycles. The highest BCUT2D eigenvalue weighted by molar-refractivity contribution is 6.09. The lowest BCUT2D eigenvalue weighted by Gasteiger charge is -2.25. The molecule has 0 atom stereocenters. The van der Waals surface area contributed by atoms with Crippen LogP contribution in [0.3, 0.4) is 0 Å². The maximum atomic E-state index is 2.37. The van der Waals surface area contributed by atoms with E-state index in [9.17, 15) is 0 Å². The van der Waals surface area contributed by atoms with Crippen molar-refractivity contribution >= 4 is 97.3 Å². The van der Waals surface area contributed by atoms with Crippen LogP contribution in [0.15, 0.2) is 455 Å². The van der Waals surface area contributed by atoms with Crippen LogP contribution in [0.1, 0.15) is 111 Å². The fraction of sp³-hybridized carbons (Fsp3) is 0.145. The Kier molecular flexibility index (Phi) is 40.8. The van der Waals surface area contributed by atoms with Crippen LogP contribution in [0, 0.1) is 32.6 Å². The molecule has 0 bridgehead atoms. The van der Waals surface area contributed by atoms with Crippen molar-refractivity contribution < 1.29 is 0 Å². The number of rotatable bonds is 1. The molecule has 0 saturated carbocycles. The molecule has 18 aromatic carbocycles. The summed E-state index contributed by atoms with van der Waals surface area (Å²) in [5.74, 6) is 1.07. The average Bonchev–Trinajstić information content (AvgIpc) is 1.58. The van der Waals surface area contributed by atoms with Gasteiger partial charge in [-0.25, -0.2) is 0 Å². The summed E-state index contributed by atoms with van der Waals surface area (Å²) in [7, 11) is 0. The quantitative estimate of drug-likeness (QED) is 0.114. The molecular weight excluding hydrogens is 1410 g/mol. The summed E-state index contributed by atoms with van der Waals surface area (Å²) in [6.45, 7) is 30.2. The monoisotopic (exact) mass is 1530 g/mol. The standard InChI is InChI=1S/C20H14.3C14H10.C12H10.C10H8.3C7H8.6C2H6/c1-2-6-15-12-19-17-10-4-8-13-7-3-9-16(20(13)17)18(19)11-14(15)5-1;2*1-3-7-13-11(5-1)9-10-12-6-2-4-8-14(12)13;1-2-6-12-10-14-8-4-3-7-13(14)9-11(12)5-1;1-3-7-11(8-4-1)12-9-5-2-6-10-12;1-2-6-10-8-4-3-7-9(10)5-1;3*1-7-5-3-2-4-6-7;6*1-2/h1-13,20H;3*1-10H;1-10H;1-8H;3*2-6H,1H3;6*1-2H3. The highest BCUT2D eigenvalue weighted by Gasteiger charge is 2.37. The van der Waals surface area contributed by atoms with Crippen LogP contribution < -0.4 is 0 Å². The number of hydrogen-bond acceptors (Lipinski definition) is 0. The van der Waals surface area contributed by atoms with Crippen LogP contribution in [0.4, 0.5) is 0 Å². The summed E-state index contributed by atoms with van der Waals surface area (Å²) < 4.78 is 0. The second kappa shape index (κ2) is 52.4. The van der Waals surface area contributed by atoms with Crippen molar-refractivity contribution in [3.05, 3.63) is 483 Å². The van der Waals surface area contributed by atoms with Crippen molar-refractivity contribution in [3.8, 4) is 11.1 Å². The average molecular weight is 1530 g/mol. The Labute approximate surface area is 702 Å². The zero-order valence-corrected chi connectivity index (χ0v) is 72.0. The van der Waals surface area contributed by atoms with E-state index in [1.54, 1.807) is 0 Å². The predicted octanol–water partition coefficient (Wildman–Crippen LogP) is 35.3.